The first kappa shape index (κ1) is 30.9. The van der Waals surface area contributed by atoms with Gasteiger partial charge in [-0.1, -0.05) is 47.6 Å². The topological polar surface area (TPSA) is 81.8 Å². The third kappa shape index (κ3) is 13.6. The molecule has 1 rings (SSSR count). The molecule has 0 spiro atoms. The van der Waals surface area contributed by atoms with Crippen LogP contribution in [0.3, 0.4) is 0 Å². The van der Waals surface area contributed by atoms with Crippen molar-refractivity contribution in [3.8, 4) is 0 Å². The maximum absolute atomic E-state index is 11.9. The second-order valence-electron chi connectivity index (χ2n) is 8.81. The number of carbonyl (C=O) groups is 3. The number of hydrazine groups is 1. The van der Waals surface area contributed by atoms with E-state index in [4.69, 9.17) is 0 Å². The van der Waals surface area contributed by atoms with Crippen LogP contribution in [0.1, 0.15) is 55.4 Å². The van der Waals surface area contributed by atoms with Gasteiger partial charge in [-0.15, -0.1) is 0 Å². The number of likely N-dealkylation sites (tertiary alicyclic amines) is 1. The standard InChI is InChI=1S/C11H17F3N2O2.C6H12N2O.C4H10/c1-7-5-16(6-10(7,2)3)8(17)4-15-9(18)11(12,13)14;1-4-6(2)8(3)7-5-9;1-4(2)3/h7H,4-6H2,1-3H3,(H,15,18);4-5H,1-3H3,(H,7,9);4H,1-3H3/b;6-4+;/t7-;;/m0../s1. The second-order valence-corrected chi connectivity index (χ2v) is 8.81. The van der Waals surface area contributed by atoms with Gasteiger partial charge in [0.15, 0.2) is 0 Å². The summed E-state index contributed by atoms with van der Waals surface area (Å²) in [7, 11) is 1.78. The van der Waals surface area contributed by atoms with Gasteiger partial charge in [-0.05, 0) is 31.1 Å². The van der Waals surface area contributed by atoms with Crippen molar-refractivity contribution in [1.82, 2.24) is 20.7 Å². The van der Waals surface area contributed by atoms with Crippen LogP contribution in [-0.4, -0.2) is 61.0 Å². The summed E-state index contributed by atoms with van der Waals surface area (Å²) in [6, 6.07) is 0. The first-order chi connectivity index (χ1) is 14.0. The molecule has 31 heavy (non-hydrogen) atoms. The highest BCUT2D eigenvalue weighted by molar-refractivity contribution is 5.87. The van der Waals surface area contributed by atoms with Crippen molar-refractivity contribution in [2.75, 3.05) is 26.7 Å². The van der Waals surface area contributed by atoms with Gasteiger partial charge in [0.1, 0.15) is 0 Å². The van der Waals surface area contributed by atoms with Crippen LogP contribution in [0.4, 0.5) is 13.2 Å². The zero-order valence-corrected chi connectivity index (χ0v) is 20.2. The average molecular weight is 453 g/mol. The van der Waals surface area contributed by atoms with Crippen LogP contribution in [0.2, 0.25) is 0 Å². The molecule has 2 N–H and O–H groups in total. The Hall–Kier alpha value is -2.26. The predicted molar refractivity (Wildman–Crippen MR) is 115 cm³/mol. The quantitative estimate of drug-likeness (QED) is 0.495. The van der Waals surface area contributed by atoms with Gasteiger partial charge in [-0.2, -0.15) is 13.2 Å². The lowest BCUT2D eigenvalue weighted by molar-refractivity contribution is -0.174. The average Bonchev–Trinajstić information content (AvgIpc) is 2.91. The molecule has 7 nitrogen and oxygen atoms in total. The number of alkyl halides is 3. The maximum atomic E-state index is 11.9. The Bertz CT molecular complexity index is 602. The van der Waals surface area contributed by atoms with Crippen molar-refractivity contribution in [2.45, 2.75) is 61.6 Å². The summed E-state index contributed by atoms with van der Waals surface area (Å²) in [6.45, 7) is 16.7. The molecule has 1 fully saturated rings. The lowest BCUT2D eigenvalue weighted by Crippen LogP contribution is -2.44. The minimum Gasteiger partial charge on any atom is -0.340 e. The Kier molecular flexibility index (Phi) is 13.9. The van der Waals surface area contributed by atoms with Crippen molar-refractivity contribution in [1.29, 1.82) is 0 Å². The van der Waals surface area contributed by atoms with Crippen LogP contribution in [0.25, 0.3) is 0 Å². The highest BCUT2D eigenvalue weighted by Gasteiger charge is 2.41. The number of rotatable bonds is 5. The summed E-state index contributed by atoms with van der Waals surface area (Å²) in [6.07, 6.45) is -2.39. The van der Waals surface area contributed by atoms with Gasteiger partial charge in [0, 0.05) is 25.8 Å². The van der Waals surface area contributed by atoms with Gasteiger partial charge in [0.2, 0.25) is 12.3 Å². The minimum atomic E-state index is -4.95. The van der Waals surface area contributed by atoms with E-state index in [0.717, 1.165) is 11.6 Å². The zero-order valence-electron chi connectivity index (χ0n) is 20.2. The molecule has 1 saturated heterocycles. The third-order valence-corrected chi connectivity index (χ3v) is 4.63. The summed E-state index contributed by atoms with van der Waals surface area (Å²) in [5.74, 6) is -1.45. The molecule has 182 valence electrons. The molecular weight excluding hydrogens is 413 g/mol. The molecule has 1 atom stereocenters. The van der Waals surface area contributed by atoms with Crippen LogP contribution < -0.4 is 10.7 Å². The van der Waals surface area contributed by atoms with Crippen LogP contribution in [-0.2, 0) is 14.4 Å². The number of hydrogen-bond acceptors (Lipinski definition) is 4. The van der Waals surface area contributed by atoms with Crippen LogP contribution >= 0.6 is 0 Å². The SMILES string of the molecule is C/C=C(\C)N(C)NC=O.CC(C)C.C[C@H]1CN(C(=O)CNC(=O)C(F)(F)F)CC1(C)C. The highest BCUT2D eigenvalue weighted by atomic mass is 19.4. The number of halogens is 3. The number of amides is 3. The van der Waals surface area contributed by atoms with E-state index in [9.17, 15) is 27.6 Å². The number of nitrogens with zero attached hydrogens (tertiary/aromatic N) is 2. The maximum Gasteiger partial charge on any atom is 0.471 e. The molecular formula is C21H39F3N4O3. The minimum absolute atomic E-state index is 0.0519. The Balaban J connectivity index is 0. The van der Waals surface area contributed by atoms with Gasteiger partial charge < -0.3 is 10.2 Å². The number of hydrogen-bond donors (Lipinski definition) is 2. The molecule has 3 amide bonds. The Morgan fingerprint density at radius 2 is 1.74 bits per heavy atom. The third-order valence-electron chi connectivity index (χ3n) is 4.63. The molecule has 0 bridgehead atoms. The summed E-state index contributed by atoms with van der Waals surface area (Å²) >= 11 is 0. The molecule has 0 radical (unpaired) electrons. The Labute approximate surface area is 184 Å². The molecule has 1 heterocycles. The van der Waals surface area contributed by atoms with Gasteiger partial charge in [0.05, 0.1) is 6.54 Å². The number of carbonyl (C=O) groups excluding carboxylic acids is 3. The fraction of sp³-hybridized carbons (Fsp3) is 0.762. The first-order valence-electron chi connectivity index (χ1n) is 10.2. The Morgan fingerprint density at radius 3 is 2.06 bits per heavy atom. The lowest BCUT2D eigenvalue weighted by Gasteiger charge is -2.22. The fourth-order valence-corrected chi connectivity index (χ4v) is 2.22. The Morgan fingerprint density at radius 1 is 1.26 bits per heavy atom. The smallest absolute Gasteiger partial charge is 0.340 e. The molecule has 1 aliphatic rings. The highest BCUT2D eigenvalue weighted by Crippen LogP contribution is 2.34. The number of allylic oxidation sites excluding steroid dienone is 2. The molecule has 0 aromatic carbocycles. The number of nitrogens with one attached hydrogen (secondary N) is 2. The molecule has 10 heteroatoms. The van der Waals surface area contributed by atoms with Crippen LogP contribution in [0.15, 0.2) is 11.8 Å². The fourth-order valence-electron chi connectivity index (χ4n) is 2.22. The van der Waals surface area contributed by atoms with Crippen molar-refractivity contribution in [3.05, 3.63) is 11.8 Å². The van der Waals surface area contributed by atoms with Crippen LogP contribution in [0.5, 0.6) is 0 Å². The van der Waals surface area contributed by atoms with Crippen molar-refractivity contribution in [3.63, 3.8) is 0 Å². The van der Waals surface area contributed by atoms with Crippen molar-refractivity contribution < 1.29 is 27.6 Å². The van der Waals surface area contributed by atoms with Crippen molar-refractivity contribution in [2.24, 2.45) is 17.3 Å². The molecule has 0 aromatic rings. The lowest BCUT2D eigenvalue weighted by atomic mass is 9.84. The van der Waals surface area contributed by atoms with Crippen molar-refractivity contribution >= 4 is 18.2 Å². The zero-order chi connectivity index (χ0) is 25.0. The molecule has 0 aliphatic carbocycles. The molecule has 1 aliphatic heterocycles. The van der Waals surface area contributed by atoms with E-state index in [1.54, 1.807) is 17.4 Å². The summed E-state index contributed by atoms with van der Waals surface area (Å²) in [4.78, 5) is 33.6. The summed E-state index contributed by atoms with van der Waals surface area (Å²) < 4.78 is 35.8. The van der Waals surface area contributed by atoms with E-state index >= 15 is 0 Å². The van der Waals surface area contributed by atoms with E-state index < -0.39 is 24.5 Å². The monoisotopic (exact) mass is 452 g/mol. The summed E-state index contributed by atoms with van der Waals surface area (Å²) in [5, 5.41) is 3.23. The molecule has 0 unspecified atom stereocenters. The largest absolute Gasteiger partial charge is 0.471 e. The van der Waals surface area contributed by atoms with E-state index in [0.29, 0.717) is 19.5 Å². The van der Waals surface area contributed by atoms with Crippen LogP contribution in [0, 0.1) is 17.3 Å². The van der Waals surface area contributed by atoms with Gasteiger partial charge in [0.25, 0.3) is 0 Å². The first-order valence-corrected chi connectivity index (χ1v) is 10.2. The normalized spacial score (nSPS) is 17.6. The second kappa shape index (κ2) is 13.9. The molecule has 0 aromatic heterocycles. The van der Waals surface area contributed by atoms with Gasteiger partial charge in [-0.25, -0.2) is 0 Å². The van der Waals surface area contributed by atoms with E-state index in [1.165, 1.54) is 4.90 Å². The van der Waals surface area contributed by atoms with Gasteiger partial charge >= 0.3 is 12.1 Å². The van der Waals surface area contributed by atoms with E-state index in [1.807, 2.05) is 40.7 Å². The van der Waals surface area contributed by atoms with Gasteiger partial charge in [-0.3, -0.25) is 24.8 Å². The molecule has 0 saturated carbocycles. The van der Waals surface area contributed by atoms with E-state index in [-0.39, 0.29) is 11.3 Å². The van der Waals surface area contributed by atoms with E-state index in [2.05, 4.69) is 26.2 Å². The predicted octanol–water partition coefficient (Wildman–Crippen LogP) is 3.33. The summed E-state index contributed by atoms with van der Waals surface area (Å²) in [5.41, 5.74) is 3.44.